The average Bonchev–Trinajstić information content (AvgIpc) is 3.90. The van der Waals surface area contributed by atoms with Gasteiger partial charge >= 0.3 is 5.97 Å². The molecule has 13 unspecified atom stereocenters. The second-order valence-corrected chi connectivity index (χ2v) is 36.3. The summed E-state index contributed by atoms with van der Waals surface area (Å²) >= 11 is 0. The number of aliphatic hydroxyl groups excluding tert-OH is 1. The second-order valence-electron chi connectivity index (χ2n) is 26.8. The van der Waals surface area contributed by atoms with Gasteiger partial charge in [0.2, 0.25) is 0 Å². The van der Waals surface area contributed by atoms with Crippen LogP contribution in [-0.4, -0.2) is 151 Å². The van der Waals surface area contributed by atoms with Crippen LogP contribution in [0.15, 0.2) is 54.6 Å². The Morgan fingerprint density at radius 3 is 2.16 bits per heavy atom. The molecule has 9 heterocycles. The fraction of sp³-hybridized carbons (Fsp3) is 0.797. The Morgan fingerprint density at radius 2 is 1.45 bits per heavy atom. The van der Waals surface area contributed by atoms with Crippen molar-refractivity contribution in [3.63, 3.8) is 0 Å². The van der Waals surface area contributed by atoms with Gasteiger partial charge < -0.3 is 56.6 Å². The van der Waals surface area contributed by atoms with E-state index in [1.807, 2.05) is 18.2 Å². The van der Waals surface area contributed by atoms with Crippen LogP contribution in [0, 0.1) is 11.8 Å². The van der Waals surface area contributed by atoms with Crippen molar-refractivity contribution in [2.24, 2.45) is 11.8 Å². The van der Waals surface area contributed by atoms with E-state index in [9.17, 15) is 14.7 Å². The molecule has 14 nitrogen and oxygen atoms in total. The van der Waals surface area contributed by atoms with Gasteiger partial charge in [0.1, 0.15) is 42.4 Å². The maximum atomic E-state index is 14.8. The molecule has 19 atom stereocenters. The SMILES string of the molecule is C=C1C[C@@H](OC(=O)c2ccccc2)CC[C@@]23CC4OC5C(O2)[C@H]2OC(CCC2O[C@H]5C4O3)CC(=O)CC2[C@@H](OC)C(CC(CO[Si](C)(C)C(C)(C)C)O[Si](C)(C)C(C)(C)C)O[C@H]2CC2OC(CCC1O)CC(C)C2=C. The van der Waals surface area contributed by atoms with Crippen molar-refractivity contribution in [2.75, 3.05) is 13.7 Å². The minimum Gasteiger partial charge on any atom is -0.458 e. The number of esters is 1. The number of ether oxygens (including phenoxy) is 9. The summed E-state index contributed by atoms with van der Waals surface area (Å²) in [7, 11) is -2.69. The minimum atomic E-state index is -2.28. The third kappa shape index (κ3) is 12.4. The summed E-state index contributed by atoms with van der Waals surface area (Å²) in [6, 6.07) is 8.96. The van der Waals surface area contributed by atoms with Gasteiger partial charge in [0.05, 0.1) is 73.2 Å². The Bertz CT molecular complexity index is 2190. The largest absolute Gasteiger partial charge is 0.458 e. The summed E-state index contributed by atoms with van der Waals surface area (Å²) in [6.07, 6.45) is 0.0300. The van der Waals surface area contributed by atoms with Crippen LogP contribution in [0.5, 0.6) is 0 Å². The number of aliphatic hydroxyl groups is 1. The van der Waals surface area contributed by atoms with E-state index >= 15 is 0 Å². The molecule has 1 N–H and O–H groups in total. The number of fused-ring (bicyclic) bond motifs is 4. The maximum absolute atomic E-state index is 14.8. The lowest BCUT2D eigenvalue weighted by Gasteiger charge is -2.47. The fourth-order valence-electron chi connectivity index (χ4n) is 12.8. The van der Waals surface area contributed by atoms with Gasteiger partial charge in [-0.1, -0.05) is 79.8 Å². The minimum absolute atomic E-state index is 0.0201. The molecule has 9 aliphatic heterocycles. The van der Waals surface area contributed by atoms with Crippen LogP contribution in [0.3, 0.4) is 0 Å². The molecule has 420 valence electrons. The van der Waals surface area contributed by atoms with Crippen molar-refractivity contribution < 1.29 is 66.2 Å². The number of carbonyl (C=O) groups is 2. The lowest BCUT2D eigenvalue weighted by Crippen LogP contribution is -2.61. The van der Waals surface area contributed by atoms with E-state index in [1.165, 1.54) is 0 Å². The quantitative estimate of drug-likeness (QED) is 0.134. The molecular formula is C59H92O14Si2. The van der Waals surface area contributed by atoms with Crippen LogP contribution in [0.25, 0.3) is 0 Å². The van der Waals surface area contributed by atoms with Gasteiger partial charge in [0.25, 0.3) is 0 Å². The number of benzene rings is 1. The van der Waals surface area contributed by atoms with Crippen LogP contribution in [0.1, 0.15) is 142 Å². The summed E-state index contributed by atoms with van der Waals surface area (Å²) in [5.41, 5.74) is 2.03. The first kappa shape index (κ1) is 57.5. The van der Waals surface area contributed by atoms with Crippen molar-refractivity contribution in [3.8, 4) is 0 Å². The van der Waals surface area contributed by atoms with E-state index in [0.29, 0.717) is 75.5 Å². The Morgan fingerprint density at radius 1 is 0.773 bits per heavy atom. The highest BCUT2D eigenvalue weighted by Crippen LogP contribution is 2.54. The predicted octanol–water partition coefficient (Wildman–Crippen LogP) is 10.3. The summed E-state index contributed by atoms with van der Waals surface area (Å²) in [4.78, 5) is 28.4. The monoisotopic (exact) mass is 1080 g/mol. The van der Waals surface area contributed by atoms with Gasteiger partial charge in [-0.05, 0) is 104 Å². The molecule has 1 aromatic rings. The molecule has 0 saturated carbocycles. The van der Waals surface area contributed by atoms with Crippen LogP contribution in [-0.2, 0) is 56.3 Å². The lowest BCUT2D eigenvalue weighted by molar-refractivity contribution is -0.292. The van der Waals surface area contributed by atoms with E-state index in [-0.39, 0.29) is 114 Å². The zero-order valence-electron chi connectivity index (χ0n) is 47.3. The van der Waals surface area contributed by atoms with Crippen LogP contribution < -0.4 is 0 Å². The first-order valence-electron chi connectivity index (χ1n) is 28.5. The van der Waals surface area contributed by atoms with Gasteiger partial charge in [-0.25, -0.2) is 4.79 Å². The lowest BCUT2D eigenvalue weighted by atomic mass is 9.81. The molecule has 0 aliphatic carbocycles. The van der Waals surface area contributed by atoms with Crippen LogP contribution >= 0.6 is 0 Å². The zero-order valence-corrected chi connectivity index (χ0v) is 49.3. The number of Topliss-reactive ketones (excluding diaryl/α,β-unsaturated/α-hetero) is 1. The molecule has 75 heavy (non-hydrogen) atoms. The number of carbonyl (C=O) groups excluding carboxylic acids is 2. The summed E-state index contributed by atoms with van der Waals surface area (Å²) in [6.45, 7) is 34.3. The number of ketones is 1. The Hall–Kier alpha value is -2.17. The van der Waals surface area contributed by atoms with Crippen molar-refractivity contribution in [2.45, 2.75) is 272 Å². The molecule has 10 bridgehead atoms. The van der Waals surface area contributed by atoms with Gasteiger partial charge in [0.15, 0.2) is 22.4 Å². The molecule has 0 aromatic heterocycles. The fourth-order valence-corrected chi connectivity index (χ4v) is 15.2. The molecule has 10 rings (SSSR count). The van der Waals surface area contributed by atoms with E-state index in [1.54, 1.807) is 19.2 Å². The molecule has 1 spiro atoms. The van der Waals surface area contributed by atoms with E-state index in [2.05, 4.69) is 87.8 Å². The van der Waals surface area contributed by atoms with E-state index < -0.39 is 58.9 Å². The van der Waals surface area contributed by atoms with Gasteiger partial charge in [-0.3, -0.25) is 4.79 Å². The molecule has 16 heteroatoms. The van der Waals surface area contributed by atoms with Crippen molar-refractivity contribution in [1.29, 1.82) is 0 Å². The van der Waals surface area contributed by atoms with Crippen molar-refractivity contribution in [3.05, 3.63) is 60.2 Å². The second kappa shape index (κ2) is 22.4. The van der Waals surface area contributed by atoms with E-state index in [4.69, 9.17) is 51.5 Å². The smallest absolute Gasteiger partial charge is 0.338 e. The number of rotatable bonds is 10. The zero-order chi connectivity index (χ0) is 54.0. The molecule has 9 aliphatic rings. The van der Waals surface area contributed by atoms with Crippen molar-refractivity contribution in [1.82, 2.24) is 0 Å². The number of methoxy groups -OCH3 is 1. The first-order valence-corrected chi connectivity index (χ1v) is 34.3. The number of hydrogen-bond acceptors (Lipinski definition) is 14. The highest BCUT2D eigenvalue weighted by atomic mass is 28.4. The summed E-state index contributed by atoms with van der Waals surface area (Å²) in [5, 5.41) is 11.8. The van der Waals surface area contributed by atoms with Crippen molar-refractivity contribution >= 4 is 28.4 Å². The highest BCUT2D eigenvalue weighted by molar-refractivity contribution is 6.74. The standard InChI is InChI=1S/C59H92O14Si2/c1-34-26-39-20-22-44(61)35(2)27-41(67-56(62)37-18-16-15-17-19-37)24-25-59-32-49-52(71-59)53-54(70-49)55(72-59)51-45(69-53)23-21-40(66-51)28-38(60)29-43-47(31-46(65-39)36(34)3)68-48(50(43)63-10)30-42(73-75(13,14)58(7,8)9)33-64-74(11,12)57(4,5)6/h15-19,34,39-55,61H,2-3,20-33H2,1,4-14H3/t34?,39?,40?,41-,42?,43?,44?,45?,46?,47-,48?,49?,50+,51-,52?,53-,54?,55?,59-/m0/s1. The molecule has 9 saturated heterocycles. The van der Waals surface area contributed by atoms with Crippen LogP contribution in [0.2, 0.25) is 36.3 Å². The Labute approximate surface area is 450 Å². The molecule has 1 aromatic carbocycles. The molecule has 0 amide bonds. The Balaban J connectivity index is 1.00. The van der Waals surface area contributed by atoms with E-state index in [0.717, 1.165) is 12.0 Å². The van der Waals surface area contributed by atoms with Gasteiger partial charge in [-0.2, -0.15) is 0 Å². The Kier molecular flexibility index (Phi) is 17.2. The van der Waals surface area contributed by atoms with Gasteiger partial charge in [-0.15, -0.1) is 0 Å². The van der Waals surface area contributed by atoms with Crippen LogP contribution in [0.4, 0.5) is 0 Å². The average molecular weight is 1080 g/mol. The first-order chi connectivity index (χ1) is 35.2. The summed E-state index contributed by atoms with van der Waals surface area (Å²) < 4.78 is 75.6. The topological polar surface area (TPSA) is 156 Å². The van der Waals surface area contributed by atoms with Gasteiger partial charge in [0, 0.05) is 58.0 Å². The number of hydrogen-bond donors (Lipinski definition) is 1. The molecule has 9 fully saturated rings. The highest BCUT2D eigenvalue weighted by Gasteiger charge is 2.69. The third-order valence-corrected chi connectivity index (χ3v) is 28.4. The molecular weight excluding hydrogens is 989 g/mol. The predicted molar refractivity (Wildman–Crippen MR) is 289 cm³/mol. The third-order valence-electron chi connectivity index (χ3n) is 19.4. The summed E-state index contributed by atoms with van der Waals surface area (Å²) in [5.74, 6) is -1.52. The maximum Gasteiger partial charge on any atom is 0.338 e. The molecule has 0 radical (unpaired) electrons. The normalized spacial score (nSPS) is 40.4.